The third-order valence-corrected chi connectivity index (χ3v) is 4.61. The second-order valence-electron chi connectivity index (χ2n) is 4.74. The van der Waals surface area contributed by atoms with E-state index in [1.54, 1.807) is 0 Å². The molecule has 1 saturated heterocycles. The molecule has 0 aromatic heterocycles. The standard InChI is InChI=1S/C14H21NOS/c1-11-2-4-14(5-3-11)16-9-13(8-15)12-6-7-17-10-12/h2-5,12-13H,6-10,15H2,1H3. The van der Waals surface area contributed by atoms with Gasteiger partial charge in [-0.1, -0.05) is 17.7 Å². The first kappa shape index (κ1) is 12.8. The van der Waals surface area contributed by atoms with E-state index in [-0.39, 0.29) is 0 Å². The van der Waals surface area contributed by atoms with Crippen molar-refractivity contribution in [3.63, 3.8) is 0 Å². The molecule has 0 bridgehead atoms. The van der Waals surface area contributed by atoms with E-state index in [1.807, 2.05) is 23.9 Å². The zero-order chi connectivity index (χ0) is 12.1. The fourth-order valence-electron chi connectivity index (χ4n) is 2.16. The van der Waals surface area contributed by atoms with Crippen molar-refractivity contribution in [3.8, 4) is 5.75 Å². The van der Waals surface area contributed by atoms with E-state index >= 15 is 0 Å². The monoisotopic (exact) mass is 251 g/mol. The summed E-state index contributed by atoms with van der Waals surface area (Å²) in [5, 5.41) is 0. The molecule has 17 heavy (non-hydrogen) atoms. The van der Waals surface area contributed by atoms with Crippen LogP contribution in [0.15, 0.2) is 24.3 Å². The van der Waals surface area contributed by atoms with Gasteiger partial charge in [-0.25, -0.2) is 0 Å². The second-order valence-corrected chi connectivity index (χ2v) is 5.89. The molecule has 1 fully saturated rings. The van der Waals surface area contributed by atoms with Crippen molar-refractivity contribution in [2.24, 2.45) is 17.6 Å². The van der Waals surface area contributed by atoms with E-state index in [0.717, 1.165) is 24.8 Å². The number of hydrogen-bond acceptors (Lipinski definition) is 3. The van der Waals surface area contributed by atoms with Gasteiger partial charge in [0.2, 0.25) is 0 Å². The number of benzene rings is 1. The summed E-state index contributed by atoms with van der Waals surface area (Å²) in [6.07, 6.45) is 1.30. The molecule has 0 radical (unpaired) electrons. The van der Waals surface area contributed by atoms with Crippen molar-refractivity contribution < 1.29 is 4.74 Å². The molecular weight excluding hydrogens is 230 g/mol. The molecule has 2 nitrogen and oxygen atoms in total. The Morgan fingerprint density at radius 3 is 2.76 bits per heavy atom. The number of nitrogens with two attached hydrogens (primary N) is 1. The fourth-order valence-corrected chi connectivity index (χ4v) is 3.54. The number of rotatable bonds is 5. The summed E-state index contributed by atoms with van der Waals surface area (Å²) < 4.78 is 5.84. The summed E-state index contributed by atoms with van der Waals surface area (Å²) >= 11 is 2.04. The van der Waals surface area contributed by atoms with E-state index in [0.29, 0.717) is 5.92 Å². The zero-order valence-electron chi connectivity index (χ0n) is 10.4. The quantitative estimate of drug-likeness (QED) is 0.874. The van der Waals surface area contributed by atoms with Gasteiger partial charge in [-0.15, -0.1) is 0 Å². The van der Waals surface area contributed by atoms with Gasteiger partial charge in [-0.05, 0) is 49.4 Å². The van der Waals surface area contributed by atoms with Crippen molar-refractivity contribution in [2.75, 3.05) is 24.7 Å². The second kappa shape index (κ2) is 6.31. The zero-order valence-corrected chi connectivity index (χ0v) is 11.2. The summed E-state index contributed by atoms with van der Waals surface area (Å²) in [7, 11) is 0. The Bertz CT molecular complexity index is 333. The third kappa shape index (κ3) is 3.65. The smallest absolute Gasteiger partial charge is 0.119 e. The van der Waals surface area contributed by atoms with Gasteiger partial charge in [-0.2, -0.15) is 11.8 Å². The maximum Gasteiger partial charge on any atom is 0.119 e. The SMILES string of the molecule is Cc1ccc(OCC(CN)C2CCSC2)cc1. The molecule has 2 atom stereocenters. The lowest BCUT2D eigenvalue weighted by molar-refractivity contribution is 0.209. The Morgan fingerprint density at radius 2 is 2.18 bits per heavy atom. The lowest BCUT2D eigenvalue weighted by atomic mass is 9.93. The van der Waals surface area contributed by atoms with Crippen molar-refractivity contribution in [3.05, 3.63) is 29.8 Å². The van der Waals surface area contributed by atoms with Gasteiger partial charge in [0, 0.05) is 5.92 Å². The molecule has 1 aliphatic heterocycles. The van der Waals surface area contributed by atoms with E-state index < -0.39 is 0 Å². The first-order valence-electron chi connectivity index (χ1n) is 6.27. The molecular formula is C14H21NOS. The fraction of sp³-hybridized carbons (Fsp3) is 0.571. The van der Waals surface area contributed by atoms with Crippen LogP contribution in [-0.4, -0.2) is 24.7 Å². The van der Waals surface area contributed by atoms with Gasteiger partial charge in [0.05, 0.1) is 6.61 Å². The molecule has 0 spiro atoms. The van der Waals surface area contributed by atoms with Gasteiger partial charge < -0.3 is 10.5 Å². The molecule has 94 valence electrons. The van der Waals surface area contributed by atoms with Crippen LogP contribution < -0.4 is 10.5 Å². The van der Waals surface area contributed by atoms with Crippen molar-refractivity contribution in [1.29, 1.82) is 0 Å². The van der Waals surface area contributed by atoms with Crippen LogP contribution in [0, 0.1) is 18.8 Å². The van der Waals surface area contributed by atoms with Crippen LogP contribution in [0.5, 0.6) is 5.75 Å². The third-order valence-electron chi connectivity index (χ3n) is 3.42. The number of hydrogen-bond donors (Lipinski definition) is 1. The number of ether oxygens (including phenoxy) is 1. The average molecular weight is 251 g/mol. The number of thioether (sulfide) groups is 1. The predicted molar refractivity (Wildman–Crippen MR) is 74.7 cm³/mol. The van der Waals surface area contributed by atoms with Crippen molar-refractivity contribution in [1.82, 2.24) is 0 Å². The highest BCUT2D eigenvalue weighted by atomic mass is 32.2. The Hall–Kier alpha value is -0.670. The van der Waals surface area contributed by atoms with E-state index in [2.05, 4.69) is 19.1 Å². The minimum Gasteiger partial charge on any atom is -0.493 e. The topological polar surface area (TPSA) is 35.2 Å². The first-order valence-corrected chi connectivity index (χ1v) is 7.42. The van der Waals surface area contributed by atoms with Gasteiger partial charge in [0.15, 0.2) is 0 Å². The minimum absolute atomic E-state index is 0.506. The van der Waals surface area contributed by atoms with Crippen LogP contribution in [0.1, 0.15) is 12.0 Å². The summed E-state index contributed by atoms with van der Waals surface area (Å²) in [6.45, 7) is 3.57. The van der Waals surface area contributed by atoms with E-state index in [1.165, 1.54) is 23.5 Å². The van der Waals surface area contributed by atoms with Gasteiger partial charge in [-0.3, -0.25) is 0 Å². The van der Waals surface area contributed by atoms with Crippen LogP contribution in [0.4, 0.5) is 0 Å². The lowest BCUT2D eigenvalue weighted by Crippen LogP contribution is -2.29. The summed E-state index contributed by atoms with van der Waals surface area (Å²) in [4.78, 5) is 0. The summed E-state index contributed by atoms with van der Waals surface area (Å²) in [6, 6.07) is 8.23. The van der Waals surface area contributed by atoms with Gasteiger partial charge in [0.25, 0.3) is 0 Å². The Balaban J connectivity index is 1.84. The maximum absolute atomic E-state index is 5.85. The highest BCUT2D eigenvalue weighted by Crippen LogP contribution is 2.29. The predicted octanol–water partition coefficient (Wildman–Crippen LogP) is 2.70. The van der Waals surface area contributed by atoms with Crippen molar-refractivity contribution in [2.45, 2.75) is 13.3 Å². The van der Waals surface area contributed by atoms with Crippen LogP contribution >= 0.6 is 11.8 Å². The molecule has 1 aromatic carbocycles. The highest BCUT2D eigenvalue weighted by molar-refractivity contribution is 7.99. The Labute approximate surface area is 108 Å². The molecule has 2 unspecified atom stereocenters. The molecule has 2 N–H and O–H groups in total. The number of aryl methyl sites for hydroxylation is 1. The van der Waals surface area contributed by atoms with Gasteiger partial charge in [0.1, 0.15) is 5.75 Å². The normalized spacial score (nSPS) is 21.4. The molecule has 1 heterocycles. The largest absolute Gasteiger partial charge is 0.493 e. The first-order chi connectivity index (χ1) is 8.29. The molecule has 0 saturated carbocycles. The van der Waals surface area contributed by atoms with Crippen LogP contribution in [0.2, 0.25) is 0 Å². The lowest BCUT2D eigenvalue weighted by Gasteiger charge is -2.21. The Morgan fingerprint density at radius 1 is 1.41 bits per heavy atom. The average Bonchev–Trinajstić information content (AvgIpc) is 2.86. The highest BCUT2D eigenvalue weighted by Gasteiger charge is 2.24. The van der Waals surface area contributed by atoms with Gasteiger partial charge >= 0.3 is 0 Å². The summed E-state index contributed by atoms with van der Waals surface area (Å²) in [5.41, 5.74) is 7.12. The molecule has 3 heteroatoms. The van der Waals surface area contributed by atoms with Crippen LogP contribution in [0.25, 0.3) is 0 Å². The maximum atomic E-state index is 5.85. The van der Waals surface area contributed by atoms with E-state index in [9.17, 15) is 0 Å². The summed E-state index contributed by atoms with van der Waals surface area (Å²) in [5.74, 6) is 4.74. The van der Waals surface area contributed by atoms with E-state index in [4.69, 9.17) is 10.5 Å². The molecule has 1 aromatic rings. The molecule has 2 rings (SSSR count). The molecule has 0 amide bonds. The van der Waals surface area contributed by atoms with Crippen LogP contribution in [0.3, 0.4) is 0 Å². The molecule has 0 aliphatic carbocycles. The Kier molecular flexibility index (Phi) is 4.75. The van der Waals surface area contributed by atoms with Crippen molar-refractivity contribution >= 4 is 11.8 Å². The molecule has 1 aliphatic rings. The minimum atomic E-state index is 0.506. The van der Waals surface area contributed by atoms with Crippen LogP contribution in [-0.2, 0) is 0 Å².